The van der Waals surface area contributed by atoms with E-state index < -0.39 is 0 Å². The third-order valence-electron chi connectivity index (χ3n) is 4.91. The van der Waals surface area contributed by atoms with Crippen LogP contribution in [0.2, 0.25) is 0 Å². The molecule has 27 heavy (non-hydrogen) atoms. The number of hydrogen-bond acceptors (Lipinski definition) is 5. The van der Waals surface area contributed by atoms with Crippen molar-refractivity contribution in [3.8, 4) is 11.4 Å². The molecule has 0 N–H and O–H groups in total. The number of carbonyl (C=O) groups is 1. The van der Waals surface area contributed by atoms with Gasteiger partial charge >= 0.3 is 0 Å². The molecule has 1 aliphatic heterocycles. The Kier molecular flexibility index (Phi) is 4.66. The molecule has 7 heteroatoms. The summed E-state index contributed by atoms with van der Waals surface area (Å²) in [7, 11) is 0. The lowest BCUT2D eigenvalue weighted by molar-refractivity contribution is -0.129. The van der Waals surface area contributed by atoms with E-state index in [-0.39, 0.29) is 30.0 Å². The summed E-state index contributed by atoms with van der Waals surface area (Å²) in [6, 6.07) is 9.72. The molecule has 3 aromatic rings. The van der Waals surface area contributed by atoms with Crippen molar-refractivity contribution >= 4 is 5.91 Å². The van der Waals surface area contributed by atoms with Crippen LogP contribution in [0.15, 0.2) is 53.3 Å². The molecule has 6 nitrogen and oxygen atoms in total. The summed E-state index contributed by atoms with van der Waals surface area (Å²) in [6.45, 7) is 3.24. The zero-order chi connectivity index (χ0) is 18.8. The highest BCUT2D eigenvalue weighted by molar-refractivity contribution is 5.79. The molecule has 3 heterocycles. The smallest absolute Gasteiger partial charge is 0.232 e. The summed E-state index contributed by atoms with van der Waals surface area (Å²) < 4.78 is 18.5. The van der Waals surface area contributed by atoms with Crippen molar-refractivity contribution in [1.29, 1.82) is 0 Å². The molecule has 0 unspecified atom stereocenters. The highest BCUT2D eigenvalue weighted by Crippen LogP contribution is 2.32. The van der Waals surface area contributed by atoms with Crippen LogP contribution in [0.4, 0.5) is 4.39 Å². The first-order chi connectivity index (χ1) is 13.1. The van der Waals surface area contributed by atoms with Crippen molar-refractivity contribution in [1.82, 2.24) is 20.0 Å². The van der Waals surface area contributed by atoms with Crippen LogP contribution >= 0.6 is 0 Å². The second kappa shape index (κ2) is 7.26. The topological polar surface area (TPSA) is 72.1 Å². The van der Waals surface area contributed by atoms with E-state index in [4.69, 9.17) is 4.52 Å². The Labute approximate surface area is 156 Å². The van der Waals surface area contributed by atoms with Crippen LogP contribution in [0.5, 0.6) is 0 Å². The Morgan fingerprint density at radius 2 is 2.07 bits per heavy atom. The van der Waals surface area contributed by atoms with E-state index in [0.717, 1.165) is 11.1 Å². The zero-order valence-corrected chi connectivity index (χ0v) is 14.9. The van der Waals surface area contributed by atoms with Gasteiger partial charge in [0.2, 0.25) is 17.6 Å². The van der Waals surface area contributed by atoms with Crippen molar-refractivity contribution in [2.75, 3.05) is 13.1 Å². The van der Waals surface area contributed by atoms with Crippen LogP contribution in [-0.2, 0) is 11.2 Å². The van der Waals surface area contributed by atoms with Crippen molar-refractivity contribution in [3.05, 3.63) is 66.1 Å². The van der Waals surface area contributed by atoms with Crippen LogP contribution in [0.25, 0.3) is 11.4 Å². The minimum Gasteiger partial charge on any atom is -0.341 e. The largest absolute Gasteiger partial charge is 0.341 e. The molecule has 1 aliphatic rings. The Morgan fingerprint density at radius 3 is 2.81 bits per heavy atom. The SMILES string of the molecule is C[C@H]1CN(C(=O)Cc2ccc(F)cc2)C[C@@H]1c1nc(-c2cccnc2)no1. The lowest BCUT2D eigenvalue weighted by atomic mass is 9.98. The lowest BCUT2D eigenvalue weighted by Gasteiger charge is -2.15. The summed E-state index contributed by atoms with van der Waals surface area (Å²) in [6.07, 6.45) is 3.63. The Bertz CT molecular complexity index is 927. The zero-order valence-electron chi connectivity index (χ0n) is 14.9. The number of aromatic nitrogens is 3. The molecule has 138 valence electrons. The summed E-state index contributed by atoms with van der Waals surface area (Å²) >= 11 is 0. The molecular formula is C20H19FN4O2. The molecule has 4 rings (SSSR count). The first kappa shape index (κ1) is 17.3. The minimum absolute atomic E-state index is 0.0000826. The average Bonchev–Trinajstić information content (AvgIpc) is 3.31. The summed E-state index contributed by atoms with van der Waals surface area (Å²) in [4.78, 5) is 23.0. The number of pyridine rings is 1. The van der Waals surface area contributed by atoms with Crippen molar-refractivity contribution in [3.63, 3.8) is 0 Å². The minimum atomic E-state index is -0.304. The molecular weight excluding hydrogens is 347 g/mol. The summed E-state index contributed by atoms with van der Waals surface area (Å²) in [5, 5.41) is 4.05. The number of benzene rings is 1. The number of rotatable bonds is 4. The second-order valence-corrected chi connectivity index (χ2v) is 6.88. The van der Waals surface area contributed by atoms with Gasteiger partial charge in [-0.1, -0.05) is 24.2 Å². The maximum Gasteiger partial charge on any atom is 0.232 e. The van der Waals surface area contributed by atoms with Gasteiger partial charge in [-0.3, -0.25) is 9.78 Å². The molecule has 0 aliphatic carbocycles. The fourth-order valence-corrected chi connectivity index (χ4v) is 3.38. The first-order valence-corrected chi connectivity index (χ1v) is 8.86. The summed E-state index contributed by atoms with van der Waals surface area (Å²) in [5.74, 6) is 0.967. The van der Waals surface area contributed by atoms with Crippen molar-refractivity contribution in [2.24, 2.45) is 5.92 Å². The second-order valence-electron chi connectivity index (χ2n) is 6.88. The Morgan fingerprint density at radius 1 is 1.26 bits per heavy atom. The monoisotopic (exact) mass is 366 g/mol. The predicted molar refractivity (Wildman–Crippen MR) is 96.1 cm³/mol. The number of amides is 1. The van der Waals surface area contributed by atoms with Crippen LogP contribution in [-0.4, -0.2) is 39.0 Å². The quantitative estimate of drug-likeness (QED) is 0.710. The van der Waals surface area contributed by atoms with Gasteiger partial charge < -0.3 is 9.42 Å². The van der Waals surface area contributed by atoms with Crippen LogP contribution in [0.1, 0.15) is 24.3 Å². The van der Waals surface area contributed by atoms with E-state index >= 15 is 0 Å². The molecule has 1 aromatic carbocycles. The first-order valence-electron chi connectivity index (χ1n) is 8.86. The molecule has 0 saturated carbocycles. The molecule has 1 amide bonds. The van der Waals surface area contributed by atoms with Gasteiger partial charge in [0.1, 0.15) is 5.82 Å². The van der Waals surface area contributed by atoms with Crippen molar-refractivity contribution < 1.29 is 13.7 Å². The number of hydrogen-bond donors (Lipinski definition) is 0. The standard InChI is InChI=1S/C20H19FN4O2/c1-13-11-25(18(26)9-14-4-6-16(21)7-5-14)12-17(13)20-23-19(24-27-20)15-3-2-8-22-10-15/h2-8,10,13,17H,9,11-12H2,1H3/t13-,17-/m0/s1. The third-order valence-corrected chi connectivity index (χ3v) is 4.91. The van der Waals surface area contributed by atoms with Gasteiger partial charge in [-0.25, -0.2) is 4.39 Å². The fraction of sp³-hybridized carbons (Fsp3) is 0.300. The van der Waals surface area contributed by atoms with E-state index in [2.05, 4.69) is 22.0 Å². The number of likely N-dealkylation sites (tertiary alicyclic amines) is 1. The van der Waals surface area contributed by atoms with Gasteiger partial charge in [-0.2, -0.15) is 4.98 Å². The van der Waals surface area contributed by atoms with Gasteiger partial charge in [0.25, 0.3) is 0 Å². The Hall–Kier alpha value is -3.09. The molecule has 0 bridgehead atoms. The normalized spacial score (nSPS) is 19.4. The van der Waals surface area contributed by atoms with Crippen molar-refractivity contribution in [2.45, 2.75) is 19.3 Å². The highest BCUT2D eigenvalue weighted by Gasteiger charge is 2.36. The predicted octanol–water partition coefficient (Wildman–Crippen LogP) is 3.08. The number of nitrogens with zero attached hydrogens (tertiary/aromatic N) is 4. The molecule has 0 spiro atoms. The van der Waals surface area contributed by atoms with E-state index in [1.165, 1.54) is 12.1 Å². The van der Waals surface area contributed by atoms with Gasteiger partial charge in [-0.15, -0.1) is 0 Å². The summed E-state index contributed by atoms with van der Waals surface area (Å²) in [5.41, 5.74) is 1.59. The maximum absolute atomic E-state index is 13.0. The molecule has 0 radical (unpaired) electrons. The molecule has 2 atom stereocenters. The maximum atomic E-state index is 13.0. The third kappa shape index (κ3) is 3.72. The van der Waals surface area contributed by atoms with E-state index in [0.29, 0.717) is 24.8 Å². The highest BCUT2D eigenvalue weighted by atomic mass is 19.1. The van der Waals surface area contributed by atoms with Gasteiger partial charge in [-0.05, 0) is 35.7 Å². The Balaban J connectivity index is 1.44. The molecule has 2 aromatic heterocycles. The van der Waals surface area contributed by atoms with Gasteiger partial charge in [0, 0.05) is 31.0 Å². The molecule has 1 saturated heterocycles. The average molecular weight is 366 g/mol. The van der Waals surface area contributed by atoms with Crippen LogP contribution in [0.3, 0.4) is 0 Å². The molecule has 1 fully saturated rings. The van der Waals surface area contributed by atoms with E-state index in [1.54, 1.807) is 24.5 Å². The van der Waals surface area contributed by atoms with E-state index in [1.807, 2.05) is 17.0 Å². The lowest BCUT2D eigenvalue weighted by Crippen LogP contribution is -2.30. The van der Waals surface area contributed by atoms with Crippen LogP contribution in [0, 0.1) is 11.7 Å². The number of carbonyl (C=O) groups excluding carboxylic acids is 1. The van der Waals surface area contributed by atoms with E-state index in [9.17, 15) is 9.18 Å². The fourth-order valence-electron chi connectivity index (χ4n) is 3.38. The van der Waals surface area contributed by atoms with Gasteiger partial charge in [0.15, 0.2) is 0 Å². The van der Waals surface area contributed by atoms with Gasteiger partial charge in [0.05, 0.1) is 12.3 Å². The van der Waals surface area contributed by atoms with Crippen LogP contribution < -0.4 is 0 Å². The number of halogens is 1.